The highest BCUT2D eigenvalue weighted by Crippen LogP contribution is 2.09. The minimum Gasteiger partial charge on any atom is -0.327 e. The van der Waals surface area contributed by atoms with Crippen LogP contribution in [0.25, 0.3) is 0 Å². The molecule has 15 heavy (non-hydrogen) atoms. The molecule has 1 atom stereocenters. The molecule has 0 aliphatic carbocycles. The van der Waals surface area contributed by atoms with E-state index in [1.807, 2.05) is 13.0 Å². The Kier molecular flexibility index (Phi) is 3.85. The lowest BCUT2D eigenvalue weighted by molar-refractivity contribution is -0.116. The third kappa shape index (κ3) is 3.36. The fourth-order valence-corrected chi connectivity index (χ4v) is 1.30. The van der Waals surface area contributed by atoms with Gasteiger partial charge in [0.05, 0.1) is 5.69 Å². The molecule has 1 unspecified atom stereocenters. The van der Waals surface area contributed by atoms with Gasteiger partial charge in [-0.05, 0) is 13.3 Å². The van der Waals surface area contributed by atoms with Crippen LogP contribution in [0.4, 0.5) is 5.82 Å². The predicted molar refractivity (Wildman–Crippen MR) is 59.5 cm³/mol. The van der Waals surface area contributed by atoms with E-state index in [0.29, 0.717) is 6.42 Å². The molecule has 1 aromatic heterocycles. The maximum Gasteiger partial charge on any atom is 0.227 e. The smallest absolute Gasteiger partial charge is 0.227 e. The number of carbonyl (C=O) groups excluding carboxylic acids is 1. The molecule has 1 heterocycles. The first-order valence-corrected chi connectivity index (χ1v) is 5.11. The van der Waals surface area contributed by atoms with Gasteiger partial charge in [0.25, 0.3) is 0 Å². The molecule has 1 aromatic rings. The number of hydrogen-bond acceptors (Lipinski definition) is 3. The Morgan fingerprint density at radius 3 is 2.87 bits per heavy atom. The van der Waals surface area contributed by atoms with Crippen LogP contribution in [-0.4, -0.2) is 21.7 Å². The average Bonchev–Trinajstić information content (AvgIpc) is 2.46. The molecule has 0 aliphatic heterocycles. The van der Waals surface area contributed by atoms with Crippen LogP contribution >= 0.6 is 0 Å². The van der Waals surface area contributed by atoms with E-state index in [2.05, 4.69) is 10.4 Å². The summed E-state index contributed by atoms with van der Waals surface area (Å²) >= 11 is 0. The van der Waals surface area contributed by atoms with Gasteiger partial charge in [0.15, 0.2) is 0 Å². The molecule has 1 amide bonds. The molecule has 0 aromatic carbocycles. The maximum absolute atomic E-state index is 11.4. The van der Waals surface area contributed by atoms with Gasteiger partial charge in [-0.15, -0.1) is 0 Å². The van der Waals surface area contributed by atoms with Crippen molar-refractivity contribution < 1.29 is 4.79 Å². The van der Waals surface area contributed by atoms with Crippen molar-refractivity contribution in [1.29, 1.82) is 0 Å². The minimum absolute atomic E-state index is 0.0735. The number of nitrogens with zero attached hydrogens (tertiary/aromatic N) is 2. The predicted octanol–water partition coefficient (Wildman–Crippen LogP) is 0.658. The van der Waals surface area contributed by atoms with Crippen LogP contribution in [-0.2, 0) is 18.3 Å². The van der Waals surface area contributed by atoms with E-state index < -0.39 is 0 Å². The molecular formula is C10H18N4O. The van der Waals surface area contributed by atoms with E-state index in [1.54, 1.807) is 18.7 Å². The zero-order valence-electron chi connectivity index (χ0n) is 9.45. The van der Waals surface area contributed by atoms with E-state index in [0.717, 1.165) is 17.9 Å². The molecule has 0 saturated heterocycles. The Labute approximate surface area is 89.6 Å². The first-order chi connectivity index (χ1) is 7.02. The number of nitrogens with one attached hydrogen (secondary N) is 1. The van der Waals surface area contributed by atoms with E-state index in [-0.39, 0.29) is 11.9 Å². The topological polar surface area (TPSA) is 72.9 Å². The summed E-state index contributed by atoms with van der Waals surface area (Å²) in [6, 6.07) is 1.75. The number of aromatic nitrogens is 2. The van der Waals surface area contributed by atoms with Crippen LogP contribution in [0.5, 0.6) is 0 Å². The first-order valence-electron chi connectivity index (χ1n) is 5.11. The first kappa shape index (κ1) is 11.7. The molecule has 0 fully saturated rings. The molecule has 3 N–H and O–H groups in total. The average molecular weight is 210 g/mol. The molecular weight excluding hydrogens is 192 g/mol. The number of hydrogen-bond donors (Lipinski definition) is 2. The SMILES string of the molecule is CCc1cc(NC(=O)CC(C)N)n(C)n1. The van der Waals surface area contributed by atoms with Gasteiger partial charge in [0.2, 0.25) is 5.91 Å². The van der Waals surface area contributed by atoms with Crippen LogP contribution in [0.1, 0.15) is 26.0 Å². The number of rotatable bonds is 4. The Morgan fingerprint density at radius 2 is 2.40 bits per heavy atom. The summed E-state index contributed by atoms with van der Waals surface area (Å²) in [6.45, 7) is 3.83. The number of amides is 1. The third-order valence-corrected chi connectivity index (χ3v) is 2.07. The van der Waals surface area contributed by atoms with Crippen molar-refractivity contribution in [2.75, 3.05) is 5.32 Å². The Bertz CT molecular complexity index is 343. The molecule has 5 heteroatoms. The Balaban J connectivity index is 2.63. The van der Waals surface area contributed by atoms with Gasteiger partial charge < -0.3 is 11.1 Å². The standard InChI is InChI=1S/C10H18N4O/c1-4-8-6-9(14(3)13-8)12-10(15)5-7(2)11/h6-7H,4-5,11H2,1-3H3,(H,12,15). The van der Waals surface area contributed by atoms with E-state index in [4.69, 9.17) is 5.73 Å². The summed E-state index contributed by atoms with van der Waals surface area (Å²) < 4.78 is 1.66. The second-order valence-corrected chi connectivity index (χ2v) is 3.73. The summed E-state index contributed by atoms with van der Waals surface area (Å²) in [5, 5.41) is 7.01. The molecule has 0 spiro atoms. The zero-order valence-corrected chi connectivity index (χ0v) is 9.45. The van der Waals surface area contributed by atoms with Gasteiger partial charge in [-0.1, -0.05) is 6.92 Å². The molecule has 0 aliphatic rings. The number of nitrogens with two attached hydrogens (primary N) is 1. The second kappa shape index (κ2) is 4.93. The lowest BCUT2D eigenvalue weighted by Gasteiger charge is -2.06. The highest BCUT2D eigenvalue weighted by Gasteiger charge is 2.09. The van der Waals surface area contributed by atoms with Crippen molar-refractivity contribution in [2.24, 2.45) is 12.8 Å². The molecule has 5 nitrogen and oxygen atoms in total. The van der Waals surface area contributed by atoms with Gasteiger partial charge in [0.1, 0.15) is 5.82 Å². The summed E-state index contributed by atoms with van der Waals surface area (Å²) in [7, 11) is 1.81. The zero-order chi connectivity index (χ0) is 11.4. The molecule has 1 rings (SSSR count). The van der Waals surface area contributed by atoms with E-state index in [1.165, 1.54) is 0 Å². The Morgan fingerprint density at radius 1 is 1.73 bits per heavy atom. The number of anilines is 1. The van der Waals surface area contributed by atoms with Crippen molar-refractivity contribution in [3.63, 3.8) is 0 Å². The molecule has 0 saturated carbocycles. The number of aryl methyl sites for hydroxylation is 2. The molecule has 84 valence electrons. The van der Waals surface area contributed by atoms with E-state index >= 15 is 0 Å². The van der Waals surface area contributed by atoms with Crippen molar-refractivity contribution in [3.05, 3.63) is 11.8 Å². The summed E-state index contributed by atoms with van der Waals surface area (Å²) in [6.07, 6.45) is 1.18. The lowest BCUT2D eigenvalue weighted by Crippen LogP contribution is -2.24. The van der Waals surface area contributed by atoms with Crippen molar-refractivity contribution in [1.82, 2.24) is 9.78 Å². The molecule has 0 radical (unpaired) electrons. The maximum atomic E-state index is 11.4. The highest BCUT2D eigenvalue weighted by atomic mass is 16.1. The summed E-state index contributed by atoms with van der Waals surface area (Å²) in [4.78, 5) is 11.4. The van der Waals surface area contributed by atoms with Gasteiger partial charge >= 0.3 is 0 Å². The van der Waals surface area contributed by atoms with Gasteiger partial charge in [-0.3, -0.25) is 9.48 Å². The monoisotopic (exact) mass is 210 g/mol. The van der Waals surface area contributed by atoms with Crippen molar-refractivity contribution in [2.45, 2.75) is 32.7 Å². The summed E-state index contributed by atoms with van der Waals surface area (Å²) in [5.41, 5.74) is 6.50. The van der Waals surface area contributed by atoms with Gasteiger partial charge in [-0.2, -0.15) is 5.10 Å². The quantitative estimate of drug-likeness (QED) is 0.766. The molecule has 0 bridgehead atoms. The third-order valence-electron chi connectivity index (χ3n) is 2.07. The second-order valence-electron chi connectivity index (χ2n) is 3.73. The van der Waals surface area contributed by atoms with Crippen LogP contribution in [0.15, 0.2) is 6.07 Å². The number of carbonyl (C=O) groups is 1. The fourth-order valence-electron chi connectivity index (χ4n) is 1.30. The highest BCUT2D eigenvalue weighted by molar-refractivity contribution is 5.90. The van der Waals surface area contributed by atoms with Crippen LogP contribution in [0, 0.1) is 0 Å². The van der Waals surface area contributed by atoms with E-state index in [9.17, 15) is 4.79 Å². The van der Waals surface area contributed by atoms with Crippen LogP contribution in [0.3, 0.4) is 0 Å². The Hall–Kier alpha value is -1.36. The van der Waals surface area contributed by atoms with Gasteiger partial charge in [-0.25, -0.2) is 0 Å². The minimum atomic E-state index is -0.121. The fraction of sp³-hybridized carbons (Fsp3) is 0.600. The normalized spacial score (nSPS) is 12.5. The van der Waals surface area contributed by atoms with Crippen molar-refractivity contribution >= 4 is 11.7 Å². The van der Waals surface area contributed by atoms with Gasteiger partial charge in [0, 0.05) is 25.6 Å². The lowest BCUT2D eigenvalue weighted by atomic mass is 10.2. The summed E-state index contributed by atoms with van der Waals surface area (Å²) in [5.74, 6) is 0.646. The van der Waals surface area contributed by atoms with Crippen molar-refractivity contribution in [3.8, 4) is 0 Å². The van der Waals surface area contributed by atoms with Crippen LogP contribution in [0.2, 0.25) is 0 Å². The van der Waals surface area contributed by atoms with Crippen LogP contribution < -0.4 is 11.1 Å². The largest absolute Gasteiger partial charge is 0.327 e.